The molecule has 1 saturated heterocycles. The molecule has 0 saturated carbocycles. The summed E-state index contributed by atoms with van der Waals surface area (Å²) in [6.07, 6.45) is 3.06. The van der Waals surface area contributed by atoms with Gasteiger partial charge in [-0.1, -0.05) is 12.1 Å². The summed E-state index contributed by atoms with van der Waals surface area (Å²) in [6, 6.07) is 5.53. The Morgan fingerprint density at radius 3 is 2.88 bits per heavy atom. The largest absolute Gasteiger partial charge is 0.379 e. The molecular formula is C17H22FN5O2. The summed E-state index contributed by atoms with van der Waals surface area (Å²) in [4.78, 5) is 18.9. The molecule has 1 aromatic heterocycles. The number of hydrogen-bond donors (Lipinski definition) is 1. The van der Waals surface area contributed by atoms with Crippen molar-refractivity contribution in [3.63, 3.8) is 0 Å². The molecule has 2 aromatic rings. The zero-order valence-corrected chi connectivity index (χ0v) is 14.1. The number of carbonyl (C=O) groups is 1. The van der Waals surface area contributed by atoms with Crippen LogP contribution < -0.4 is 5.32 Å². The molecule has 3 rings (SSSR count). The summed E-state index contributed by atoms with van der Waals surface area (Å²) in [7, 11) is 0. The molecule has 1 aliphatic rings. The number of nitrogens with one attached hydrogen (secondary N) is 1. The molecule has 0 bridgehead atoms. The van der Waals surface area contributed by atoms with Gasteiger partial charge in [0, 0.05) is 19.1 Å². The van der Waals surface area contributed by atoms with Gasteiger partial charge in [-0.15, -0.1) is 0 Å². The summed E-state index contributed by atoms with van der Waals surface area (Å²) in [5.41, 5.74) is 0.646. The number of amides is 1. The van der Waals surface area contributed by atoms with E-state index >= 15 is 0 Å². The van der Waals surface area contributed by atoms with Gasteiger partial charge in [-0.2, -0.15) is 5.10 Å². The standard InChI is InChI=1S/C17H22FN5O2/c1-13(10-23-12-19-11-20-23)21-17(24)16(22-5-7-25-8-6-22)14-3-2-4-15(18)9-14/h2-4,9,11-13,16H,5-8,10H2,1H3,(H,21,24)/t13-,16+/m1/s1. The third kappa shape index (κ3) is 4.61. The van der Waals surface area contributed by atoms with E-state index in [2.05, 4.69) is 15.4 Å². The molecule has 0 aliphatic carbocycles. The molecule has 1 N–H and O–H groups in total. The monoisotopic (exact) mass is 347 g/mol. The highest BCUT2D eigenvalue weighted by atomic mass is 19.1. The van der Waals surface area contributed by atoms with Gasteiger partial charge in [-0.05, 0) is 24.6 Å². The first kappa shape index (κ1) is 17.5. The van der Waals surface area contributed by atoms with Crippen molar-refractivity contribution in [1.29, 1.82) is 0 Å². The van der Waals surface area contributed by atoms with E-state index in [9.17, 15) is 9.18 Å². The second-order valence-corrected chi connectivity index (χ2v) is 6.13. The van der Waals surface area contributed by atoms with Crippen molar-refractivity contribution in [3.8, 4) is 0 Å². The SMILES string of the molecule is C[C@H](Cn1cncn1)NC(=O)[C@H](c1cccc(F)c1)N1CCOCC1. The van der Waals surface area contributed by atoms with Gasteiger partial charge in [0.1, 0.15) is 24.5 Å². The number of halogens is 1. The Hall–Kier alpha value is -2.32. The third-order valence-corrected chi connectivity index (χ3v) is 4.14. The molecule has 1 fully saturated rings. The molecule has 0 spiro atoms. The molecule has 1 aliphatic heterocycles. The smallest absolute Gasteiger partial charge is 0.242 e. The fourth-order valence-electron chi connectivity index (χ4n) is 3.02. The molecule has 134 valence electrons. The maximum atomic E-state index is 13.7. The average molecular weight is 347 g/mol. The lowest BCUT2D eigenvalue weighted by Gasteiger charge is -2.34. The molecule has 8 heteroatoms. The van der Waals surface area contributed by atoms with Crippen molar-refractivity contribution in [2.24, 2.45) is 0 Å². The first-order chi connectivity index (χ1) is 12.1. The molecule has 0 radical (unpaired) electrons. The highest BCUT2D eigenvalue weighted by molar-refractivity contribution is 5.83. The van der Waals surface area contributed by atoms with Crippen molar-refractivity contribution in [2.45, 2.75) is 25.6 Å². The zero-order chi connectivity index (χ0) is 17.6. The van der Waals surface area contributed by atoms with Gasteiger partial charge in [0.2, 0.25) is 5.91 Å². The number of benzene rings is 1. The molecule has 25 heavy (non-hydrogen) atoms. The Balaban J connectivity index is 1.74. The van der Waals surface area contributed by atoms with E-state index in [1.165, 1.54) is 18.5 Å². The van der Waals surface area contributed by atoms with Crippen molar-refractivity contribution < 1.29 is 13.9 Å². The number of carbonyl (C=O) groups excluding carboxylic acids is 1. The molecule has 7 nitrogen and oxygen atoms in total. The molecule has 2 atom stereocenters. The predicted molar refractivity (Wildman–Crippen MR) is 89.2 cm³/mol. The van der Waals surface area contributed by atoms with Crippen LogP contribution in [0.25, 0.3) is 0 Å². The van der Waals surface area contributed by atoms with E-state index in [4.69, 9.17) is 4.74 Å². The number of nitrogens with zero attached hydrogens (tertiary/aromatic N) is 4. The van der Waals surface area contributed by atoms with Crippen molar-refractivity contribution in [1.82, 2.24) is 25.0 Å². The summed E-state index contributed by atoms with van der Waals surface area (Å²) in [5, 5.41) is 7.05. The lowest BCUT2D eigenvalue weighted by Crippen LogP contribution is -2.48. The summed E-state index contributed by atoms with van der Waals surface area (Å²) >= 11 is 0. The average Bonchev–Trinajstić information content (AvgIpc) is 3.09. The van der Waals surface area contributed by atoms with Crippen LogP contribution >= 0.6 is 0 Å². The van der Waals surface area contributed by atoms with Gasteiger partial charge in [0.25, 0.3) is 0 Å². The number of rotatable bonds is 6. The van der Waals surface area contributed by atoms with Gasteiger partial charge in [-0.25, -0.2) is 9.37 Å². The number of morpholine rings is 1. The van der Waals surface area contributed by atoms with Crippen LogP contribution in [-0.4, -0.2) is 57.9 Å². The quantitative estimate of drug-likeness (QED) is 0.844. The van der Waals surface area contributed by atoms with E-state index in [1.54, 1.807) is 23.1 Å². The van der Waals surface area contributed by atoms with Gasteiger partial charge < -0.3 is 10.1 Å². The maximum Gasteiger partial charge on any atom is 0.242 e. The minimum atomic E-state index is -0.544. The lowest BCUT2D eigenvalue weighted by molar-refractivity contribution is -0.129. The Bertz CT molecular complexity index is 688. The van der Waals surface area contributed by atoms with Crippen LogP contribution in [0.15, 0.2) is 36.9 Å². The normalized spacial score (nSPS) is 17.8. The fourth-order valence-corrected chi connectivity index (χ4v) is 3.02. The van der Waals surface area contributed by atoms with Crippen LogP contribution in [0.3, 0.4) is 0 Å². The number of aromatic nitrogens is 3. The van der Waals surface area contributed by atoms with E-state index in [0.717, 1.165) is 0 Å². The molecule has 1 aromatic carbocycles. The van der Waals surface area contributed by atoms with Crippen LogP contribution in [0.2, 0.25) is 0 Å². The first-order valence-electron chi connectivity index (χ1n) is 8.33. The minimum absolute atomic E-state index is 0.133. The zero-order valence-electron chi connectivity index (χ0n) is 14.1. The molecule has 1 amide bonds. The Morgan fingerprint density at radius 1 is 1.40 bits per heavy atom. The number of ether oxygens (including phenoxy) is 1. The van der Waals surface area contributed by atoms with Crippen LogP contribution in [0, 0.1) is 5.82 Å². The van der Waals surface area contributed by atoms with Crippen molar-refractivity contribution in [2.75, 3.05) is 26.3 Å². The van der Waals surface area contributed by atoms with E-state index in [0.29, 0.717) is 38.4 Å². The highest BCUT2D eigenvalue weighted by Gasteiger charge is 2.30. The Labute approximate surface area is 145 Å². The van der Waals surface area contributed by atoms with Gasteiger partial charge in [0.15, 0.2) is 0 Å². The maximum absolute atomic E-state index is 13.7. The minimum Gasteiger partial charge on any atom is -0.379 e. The molecule has 2 heterocycles. The van der Waals surface area contributed by atoms with E-state index in [-0.39, 0.29) is 17.8 Å². The van der Waals surface area contributed by atoms with Gasteiger partial charge in [-0.3, -0.25) is 14.4 Å². The summed E-state index contributed by atoms with van der Waals surface area (Å²) in [6.45, 7) is 4.81. The number of hydrogen-bond acceptors (Lipinski definition) is 5. The first-order valence-corrected chi connectivity index (χ1v) is 8.33. The van der Waals surface area contributed by atoms with E-state index in [1.807, 2.05) is 11.8 Å². The van der Waals surface area contributed by atoms with Crippen molar-refractivity contribution in [3.05, 3.63) is 48.3 Å². The Kier molecular flexibility index (Phi) is 5.72. The molecule has 0 unspecified atom stereocenters. The van der Waals surface area contributed by atoms with E-state index < -0.39 is 6.04 Å². The summed E-state index contributed by atoms with van der Waals surface area (Å²) in [5.74, 6) is -0.501. The second-order valence-electron chi connectivity index (χ2n) is 6.13. The van der Waals surface area contributed by atoms with Crippen LogP contribution in [0.4, 0.5) is 4.39 Å². The molecular weight excluding hydrogens is 325 g/mol. The lowest BCUT2D eigenvalue weighted by atomic mass is 10.0. The van der Waals surface area contributed by atoms with Crippen LogP contribution in [0.5, 0.6) is 0 Å². The summed E-state index contributed by atoms with van der Waals surface area (Å²) < 4.78 is 20.7. The van der Waals surface area contributed by atoms with Gasteiger partial charge in [0.05, 0.1) is 19.8 Å². The third-order valence-electron chi connectivity index (χ3n) is 4.14. The van der Waals surface area contributed by atoms with Gasteiger partial charge >= 0.3 is 0 Å². The predicted octanol–water partition coefficient (Wildman–Crippen LogP) is 0.995. The van der Waals surface area contributed by atoms with Crippen LogP contribution in [0.1, 0.15) is 18.5 Å². The second kappa shape index (κ2) is 8.17. The van der Waals surface area contributed by atoms with Crippen LogP contribution in [-0.2, 0) is 16.1 Å². The van der Waals surface area contributed by atoms with Crippen molar-refractivity contribution >= 4 is 5.91 Å². The Morgan fingerprint density at radius 2 is 2.20 bits per heavy atom. The highest BCUT2D eigenvalue weighted by Crippen LogP contribution is 2.23. The fraction of sp³-hybridized carbons (Fsp3) is 0.471. The topological polar surface area (TPSA) is 72.3 Å².